The SMILES string of the molecule is O=S(=O)(/C=C/c1ccccc1)Nc1cccc2[nH]ccc12. The van der Waals surface area contributed by atoms with Crippen LogP contribution in [0.3, 0.4) is 0 Å². The molecular weight excluding hydrogens is 284 g/mol. The maximum atomic E-state index is 12.1. The summed E-state index contributed by atoms with van der Waals surface area (Å²) >= 11 is 0. The van der Waals surface area contributed by atoms with Crippen molar-refractivity contribution in [2.75, 3.05) is 4.72 Å². The monoisotopic (exact) mass is 298 g/mol. The highest BCUT2D eigenvalue weighted by Gasteiger charge is 2.08. The van der Waals surface area contributed by atoms with E-state index in [0.29, 0.717) is 5.69 Å². The number of hydrogen-bond donors (Lipinski definition) is 2. The maximum absolute atomic E-state index is 12.1. The van der Waals surface area contributed by atoms with E-state index in [-0.39, 0.29) is 0 Å². The third kappa shape index (κ3) is 3.14. The lowest BCUT2D eigenvalue weighted by Gasteiger charge is -2.05. The molecule has 3 rings (SSSR count). The zero-order chi connectivity index (χ0) is 14.7. The summed E-state index contributed by atoms with van der Waals surface area (Å²) in [4.78, 5) is 3.05. The van der Waals surface area contributed by atoms with E-state index in [2.05, 4.69) is 9.71 Å². The normalized spacial score (nSPS) is 12.0. The Hall–Kier alpha value is -2.53. The number of benzene rings is 2. The number of hydrogen-bond acceptors (Lipinski definition) is 2. The van der Waals surface area contributed by atoms with E-state index in [9.17, 15) is 8.42 Å². The summed E-state index contributed by atoms with van der Waals surface area (Å²) in [6.07, 6.45) is 3.35. The molecule has 2 N–H and O–H groups in total. The van der Waals surface area contributed by atoms with E-state index in [1.54, 1.807) is 24.4 Å². The number of rotatable bonds is 4. The largest absolute Gasteiger partial charge is 0.361 e. The molecule has 106 valence electrons. The molecule has 0 spiro atoms. The highest BCUT2D eigenvalue weighted by atomic mass is 32.2. The van der Waals surface area contributed by atoms with Crippen LogP contribution in [0.2, 0.25) is 0 Å². The second-order valence-corrected chi connectivity index (χ2v) is 6.17. The fraction of sp³-hybridized carbons (Fsp3) is 0. The van der Waals surface area contributed by atoms with Gasteiger partial charge in [0, 0.05) is 17.1 Å². The van der Waals surface area contributed by atoms with Crippen molar-refractivity contribution >= 4 is 32.7 Å². The van der Waals surface area contributed by atoms with Gasteiger partial charge in [-0.3, -0.25) is 4.72 Å². The lowest BCUT2D eigenvalue weighted by molar-refractivity contribution is 0.609. The minimum atomic E-state index is -3.55. The van der Waals surface area contributed by atoms with Crippen LogP contribution < -0.4 is 4.72 Å². The fourth-order valence-electron chi connectivity index (χ4n) is 2.09. The Kier molecular flexibility index (Phi) is 3.50. The van der Waals surface area contributed by atoms with Gasteiger partial charge in [0.2, 0.25) is 0 Å². The van der Waals surface area contributed by atoms with Gasteiger partial charge in [0.15, 0.2) is 0 Å². The fourth-order valence-corrected chi connectivity index (χ4v) is 2.98. The van der Waals surface area contributed by atoms with Gasteiger partial charge in [-0.25, -0.2) is 8.42 Å². The van der Waals surface area contributed by atoms with E-state index in [4.69, 9.17) is 0 Å². The molecule has 4 nitrogen and oxygen atoms in total. The first kappa shape index (κ1) is 13.5. The molecule has 2 aromatic carbocycles. The Bertz CT molecular complexity index is 881. The molecule has 0 atom stereocenters. The first-order valence-electron chi connectivity index (χ1n) is 6.46. The number of sulfonamides is 1. The third-order valence-corrected chi connectivity index (χ3v) is 4.09. The van der Waals surface area contributed by atoms with Crippen LogP contribution in [-0.2, 0) is 10.0 Å². The van der Waals surface area contributed by atoms with E-state index in [1.165, 1.54) is 5.41 Å². The molecule has 0 amide bonds. The zero-order valence-electron chi connectivity index (χ0n) is 11.2. The Labute approximate surface area is 123 Å². The van der Waals surface area contributed by atoms with Gasteiger partial charge in [0.25, 0.3) is 10.0 Å². The van der Waals surface area contributed by atoms with Gasteiger partial charge in [0.1, 0.15) is 0 Å². The quantitative estimate of drug-likeness (QED) is 0.773. The molecule has 0 aliphatic carbocycles. The number of nitrogens with one attached hydrogen (secondary N) is 2. The van der Waals surface area contributed by atoms with Gasteiger partial charge in [-0.05, 0) is 29.8 Å². The molecule has 5 heteroatoms. The predicted octanol–water partition coefficient (Wildman–Crippen LogP) is 3.58. The van der Waals surface area contributed by atoms with Crippen LogP contribution in [0.5, 0.6) is 0 Å². The number of H-pyrrole nitrogens is 1. The number of fused-ring (bicyclic) bond motifs is 1. The number of anilines is 1. The summed E-state index contributed by atoms with van der Waals surface area (Å²) in [5, 5.41) is 2.02. The Morgan fingerprint density at radius 2 is 1.76 bits per heavy atom. The topological polar surface area (TPSA) is 62.0 Å². The van der Waals surface area contributed by atoms with Crippen molar-refractivity contribution in [3.05, 3.63) is 71.8 Å². The Morgan fingerprint density at radius 3 is 2.57 bits per heavy atom. The lowest BCUT2D eigenvalue weighted by Crippen LogP contribution is -2.08. The molecule has 21 heavy (non-hydrogen) atoms. The Morgan fingerprint density at radius 1 is 0.952 bits per heavy atom. The molecule has 0 aliphatic heterocycles. The molecule has 0 saturated carbocycles. The van der Waals surface area contributed by atoms with Gasteiger partial charge in [-0.1, -0.05) is 36.4 Å². The van der Waals surface area contributed by atoms with Crippen LogP contribution in [0, 0.1) is 0 Å². The molecule has 0 fully saturated rings. The smallest absolute Gasteiger partial charge is 0.255 e. The minimum Gasteiger partial charge on any atom is -0.361 e. The van der Waals surface area contributed by atoms with Gasteiger partial charge in [0.05, 0.1) is 11.1 Å². The van der Waals surface area contributed by atoms with Crippen LogP contribution in [0.4, 0.5) is 5.69 Å². The second-order valence-electron chi connectivity index (χ2n) is 4.60. The molecule has 0 radical (unpaired) electrons. The van der Waals surface area contributed by atoms with E-state index in [1.807, 2.05) is 42.5 Å². The van der Waals surface area contributed by atoms with Crippen molar-refractivity contribution < 1.29 is 8.42 Å². The van der Waals surface area contributed by atoms with Crippen molar-refractivity contribution in [2.24, 2.45) is 0 Å². The predicted molar refractivity (Wildman–Crippen MR) is 86.3 cm³/mol. The van der Waals surface area contributed by atoms with E-state index >= 15 is 0 Å². The summed E-state index contributed by atoms with van der Waals surface area (Å²) in [5.74, 6) is 0. The van der Waals surface area contributed by atoms with Gasteiger partial charge in [-0.2, -0.15) is 0 Å². The van der Waals surface area contributed by atoms with Gasteiger partial charge >= 0.3 is 0 Å². The number of aromatic amines is 1. The van der Waals surface area contributed by atoms with Crippen molar-refractivity contribution in [3.8, 4) is 0 Å². The standard InChI is InChI=1S/C16H14N2O2S/c19-21(20,12-10-13-5-2-1-3-6-13)18-16-8-4-7-15-14(16)9-11-17-15/h1-12,17-18H/b12-10+. The van der Waals surface area contributed by atoms with Crippen LogP contribution in [-0.4, -0.2) is 13.4 Å². The average molecular weight is 298 g/mol. The van der Waals surface area contributed by atoms with Gasteiger partial charge < -0.3 is 4.98 Å². The molecule has 0 unspecified atom stereocenters. The zero-order valence-corrected chi connectivity index (χ0v) is 12.0. The minimum absolute atomic E-state index is 0.562. The Balaban J connectivity index is 1.86. The van der Waals surface area contributed by atoms with Crippen molar-refractivity contribution in [2.45, 2.75) is 0 Å². The molecule has 1 aromatic heterocycles. The molecule has 3 aromatic rings. The first-order chi connectivity index (χ1) is 10.1. The summed E-state index contributed by atoms with van der Waals surface area (Å²) in [5.41, 5.74) is 2.29. The third-order valence-electron chi connectivity index (χ3n) is 3.09. The summed E-state index contributed by atoms with van der Waals surface area (Å²) in [6, 6.07) is 16.6. The molecule has 0 aliphatic rings. The summed E-state index contributed by atoms with van der Waals surface area (Å²) in [6.45, 7) is 0. The average Bonchev–Trinajstić information content (AvgIpc) is 2.96. The van der Waals surface area contributed by atoms with Crippen molar-refractivity contribution in [1.82, 2.24) is 4.98 Å². The second kappa shape index (κ2) is 5.46. The lowest BCUT2D eigenvalue weighted by atomic mass is 10.2. The summed E-state index contributed by atoms with van der Waals surface area (Å²) < 4.78 is 26.8. The molecule has 0 saturated heterocycles. The van der Waals surface area contributed by atoms with Crippen LogP contribution in [0.1, 0.15) is 5.56 Å². The van der Waals surface area contributed by atoms with E-state index < -0.39 is 10.0 Å². The molecule has 0 bridgehead atoms. The maximum Gasteiger partial charge on any atom is 0.255 e. The first-order valence-corrected chi connectivity index (χ1v) is 8.01. The van der Waals surface area contributed by atoms with Crippen LogP contribution in [0.15, 0.2) is 66.2 Å². The van der Waals surface area contributed by atoms with E-state index in [0.717, 1.165) is 16.5 Å². The van der Waals surface area contributed by atoms with Crippen LogP contribution in [0.25, 0.3) is 17.0 Å². The van der Waals surface area contributed by atoms with Gasteiger partial charge in [-0.15, -0.1) is 0 Å². The highest BCUT2D eigenvalue weighted by Crippen LogP contribution is 2.23. The van der Waals surface area contributed by atoms with Crippen LogP contribution >= 0.6 is 0 Å². The van der Waals surface area contributed by atoms with Crippen molar-refractivity contribution in [3.63, 3.8) is 0 Å². The summed E-state index contributed by atoms with van der Waals surface area (Å²) in [7, 11) is -3.55. The number of aromatic nitrogens is 1. The molecule has 1 heterocycles. The molecular formula is C16H14N2O2S. The van der Waals surface area contributed by atoms with Crippen molar-refractivity contribution in [1.29, 1.82) is 0 Å². The highest BCUT2D eigenvalue weighted by molar-refractivity contribution is 7.95.